The first-order valence-electron chi connectivity index (χ1n) is 5.16. The largest absolute Gasteiger partial charge is 0.276 e. The Kier molecular flexibility index (Phi) is 2.40. The summed E-state index contributed by atoms with van der Waals surface area (Å²) < 4.78 is 2.86. The number of nitrogens with zero attached hydrogens (tertiary/aromatic N) is 4. The molecule has 0 saturated heterocycles. The molecule has 0 aliphatic carbocycles. The van der Waals surface area contributed by atoms with Crippen LogP contribution >= 0.6 is 15.9 Å². The monoisotopic (exact) mass is 288 g/mol. The van der Waals surface area contributed by atoms with Crippen LogP contribution in [0.15, 0.2) is 41.7 Å². The minimum atomic E-state index is 0.886. The van der Waals surface area contributed by atoms with E-state index in [0.717, 1.165) is 27.1 Å². The van der Waals surface area contributed by atoms with Crippen LogP contribution in [0.5, 0.6) is 0 Å². The van der Waals surface area contributed by atoms with E-state index >= 15 is 0 Å². The Balaban J connectivity index is 2.35. The van der Waals surface area contributed by atoms with Crippen LogP contribution in [0.3, 0.4) is 0 Å². The Labute approximate surface area is 106 Å². The molecule has 3 aromatic heterocycles. The van der Waals surface area contributed by atoms with Crippen molar-refractivity contribution in [1.82, 2.24) is 19.4 Å². The molecule has 0 N–H and O–H groups in total. The maximum atomic E-state index is 4.54. The maximum absolute atomic E-state index is 4.54. The second kappa shape index (κ2) is 3.92. The number of fused-ring (bicyclic) bond motifs is 1. The van der Waals surface area contributed by atoms with Gasteiger partial charge in [-0.1, -0.05) is 6.07 Å². The summed E-state index contributed by atoms with van der Waals surface area (Å²) in [5, 5.41) is 0. The first-order valence-corrected chi connectivity index (χ1v) is 5.95. The highest BCUT2D eigenvalue weighted by atomic mass is 79.9. The highest BCUT2D eigenvalue weighted by Crippen LogP contribution is 2.26. The molecule has 0 radical (unpaired) electrons. The molecule has 3 heterocycles. The van der Waals surface area contributed by atoms with Crippen LogP contribution in [-0.2, 0) is 0 Å². The number of halogens is 1. The molecule has 17 heavy (non-hydrogen) atoms. The zero-order chi connectivity index (χ0) is 11.8. The summed E-state index contributed by atoms with van der Waals surface area (Å²) in [5.74, 6) is 0. The number of rotatable bonds is 1. The van der Waals surface area contributed by atoms with E-state index in [9.17, 15) is 0 Å². The molecule has 0 atom stereocenters. The number of aryl methyl sites for hydroxylation is 1. The summed E-state index contributed by atoms with van der Waals surface area (Å²) in [5.41, 5.74) is 3.83. The van der Waals surface area contributed by atoms with Gasteiger partial charge in [-0.25, -0.2) is 9.97 Å². The number of pyridine rings is 1. The number of aromatic nitrogens is 4. The molecule has 0 aromatic carbocycles. The molecule has 0 fully saturated rings. The van der Waals surface area contributed by atoms with Gasteiger partial charge in [0.2, 0.25) is 0 Å². The molecule has 0 spiro atoms. The van der Waals surface area contributed by atoms with E-state index in [0.29, 0.717) is 0 Å². The Morgan fingerprint density at radius 1 is 1.24 bits per heavy atom. The van der Waals surface area contributed by atoms with Gasteiger partial charge >= 0.3 is 0 Å². The van der Waals surface area contributed by atoms with Gasteiger partial charge in [0, 0.05) is 29.7 Å². The van der Waals surface area contributed by atoms with Crippen molar-refractivity contribution in [3.63, 3.8) is 0 Å². The standard InChI is InChI=1S/C12H9BrN4/c1-8-11(13)17-7-15-6-10(12(17)16-8)9-3-2-4-14-5-9/h2-7H,1H3. The van der Waals surface area contributed by atoms with E-state index in [1.165, 1.54) is 0 Å². The smallest absolute Gasteiger partial charge is 0.148 e. The molecule has 4 nitrogen and oxygen atoms in total. The Morgan fingerprint density at radius 2 is 2.12 bits per heavy atom. The summed E-state index contributed by atoms with van der Waals surface area (Å²) in [6.07, 6.45) is 7.13. The Hall–Kier alpha value is -1.75. The third-order valence-corrected chi connectivity index (χ3v) is 3.57. The van der Waals surface area contributed by atoms with Crippen LogP contribution in [0.4, 0.5) is 0 Å². The molecule has 3 aromatic rings. The van der Waals surface area contributed by atoms with Crippen LogP contribution < -0.4 is 0 Å². The van der Waals surface area contributed by atoms with Gasteiger partial charge in [-0.05, 0) is 28.9 Å². The quantitative estimate of drug-likeness (QED) is 0.692. The molecule has 0 unspecified atom stereocenters. The van der Waals surface area contributed by atoms with Gasteiger partial charge in [-0.15, -0.1) is 0 Å². The van der Waals surface area contributed by atoms with E-state index in [1.54, 1.807) is 12.5 Å². The third-order valence-electron chi connectivity index (χ3n) is 2.61. The molecule has 0 aliphatic rings. The van der Waals surface area contributed by atoms with Crippen molar-refractivity contribution in [2.75, 3.05) is 0 Å². The first-order chi connectivity index (χ1) is 8.27. The summed E-state index contributed by atoms with van der Waals surface area (Å²) in [6, 6.07) is 3.91. The van der Waals surface area contributed by atoms with Gasteiger partial charge in [0.05, 0.1) is 5.69 Å². The van der Waals surface area contributed by atoms with Gasteiger partial charge in [0.1, 0.15) is 16.6 Å². The Bertz CT molecular complexity index is 676. The average molecular weight is 289 g/mol. The Morgan fingerprint density at radius 3 is 2.88 bits per heavy atom. The van der Waals surface area contributed by atoms with Crippen molar-refractivity contribution in [1.29, 1.82) is 0 Å². The van der Waals surface area contributed by atoms with Gasteiger partial charge in [0.15, 0.2) is 0 Å². The highest BCUT2D eigenvalue weighted by molar-refractivity contribution is 9.10. The number of imidazole rings is 1. The molecule has 0 amide bonds. The van der Waals surface area contributed by atoms with Crippen molar-refractivity contribution >= 4 is 21.6 Å². The number of hydrogen-bond acceptors (Lipinski definition) is 3. The first kappa shape index (κ1) is 10.4. The average Bonchev–Trinajstić information content (AvgIpc) is 2.67. The normalized spacial score (nSPS) is 10.9. The molecule has 0 bridgehead atoms. The SMILES string of the molecule is Cc1nc2c(-c3cccnc3)cncn2c1Br. The zero-order valence-corrected chi connectivity index (χ0v) is 10.7. The van der Waals surface area contributed by atoms with E-state index in [2.05, 4.69) is 30.9 Å². The van der Waals surface area contributed by atoms with Crippen LogP contribution in [0, 0.1) is 6.92 Å². The minimum Gasteiger partial charge on any atom is -0.276 e. The summed E-state index contributed by atoms with van der Waals surface area (Å²) in [7, 11) is 0. The van der Waals surface area contributed by atoms with Gasteiger partial charge in [-0.3, -0.25) is 9.38 Å². The van der Waals surface area contributed by atoms with Crippen molar-refractivity contribution in [2.45, 2.75) is 6.92 Å². The lowest BCUT2D eigenvalue weighted by atomic mass is 10.1. The van der Waals surface area contributed by atoms with Crippen molar-refractivity contribution in [3.05, 3.63) is 47.3 Å². The fourth-order valence-electron chi connectivity index (χ4n) is 1.78. The van der Waals surface area contributed by atoms with Gasteiger partial charge < -0.3 is 0 Å². The van der Waals surface area contributed by atoms with Crippen molar-refractivity contribution < 1.29 is 0 Å². The molecule has 0 aliphatic heterocycles. The summed E-state index contributed by atoms with van der Waals surface area (Å²) >= 11 is 3.50. The fourth-order valence-corrected chi connectivity index (χ4v) is 2.13. The second-order valence-corrected chi connectivity index (χ2v) is 4.48. The molecule has 0 saturated carbocycles. The van der Waals surface area contributed by atoms with E-state index in [-0.39, 0.29) is 0 Å². The molecular formula is C12H9BrN4. The molecule has 3 rings (SSSR count). The zero-order valence-electron chi connectivity index (χ0n) is 9.13. The summed E-state index contributed by atoms with van der Waals surface area (Å²) in [4.78, 5) is 12.9. The second-order valence-electron chi connectivity index (χ2n) is 3.73. The predicted octanol–water partition coefficient (Wildman–Crippen LogP) is 2.86. The fraction of sp³-hybridized carbons (Fsp3) is 0.0833. The van der Waals surface area contributed by atoms with Crippen molar-refractivity contribution in [2.24, 2.45) is 0 Å². The maximum Gasteiger partial charge on any atom is 0.148 e. The van der Waals surface area contributed by atoms with Crippen LogP contribution in [-0.4, -0.2) is 19.4 Å². The number of hydrogen-bond donors (Lipinski definition) is 0. The minimum absolute atomic E-state index is 0.886. The lowest BCUT2D eigenvalue weighted by Gasteiger charge is -2.02. The predicted molar refractivity (Wildman–Crippen MR) is 68.7 cm³/mol. The van der Waals surface area contributed by atoms with Crippen LogP contribution in [0.1, 0.15) is 5.69 Å². The van der Waals surface area contributed by atoms with Gasteiger partial charge in [-0.2, -0.15) is 0 Å². The molecule has 5 heteroatoms. The van der Waals surface area contributed by atoms with Crippen LogP contribution in [0.25, 0.3) is 16.8 Å². The highest BCUT2D eigenvalue weighted by Gasteiger charge is 2.11. The third kappa shape index (κ3) is 1.63. The molecular weight excluding hydrogens is 280 g/mol. The molecule has 84 valence electrons. The lowest BCUT2D eigenvalue weighted by molar-refractivity contribution is 1.06. The van der Waals surface area contributed by atoms with Gasteiger partial charge in [0.25, 0.3) is 0 Å². The summed E-state index contributed by atoms with van der Waals surface area (Å²) in [6.45, 7) is 1.96. The van der Waals surface area contributed by atoms with E-state index in [4.69, 9.17) is 0 Å². The lowest BCUT2D eigenvalue weighted by Crippen LogP contribution is -1.91. The van der Waals surface area contributed by atoms with E-state index < -0.39 is 0 Å². The van der Waals surface area contributed by atoms with Crippen LogP contribution in [0.2, 0.25) is 0 Å². The topological polar surface area (TPSA) is 43.1 Å². The van der Waals surface area contributed by atoms with Crippen molar-refractivity contribution in [3.8, 4) is 11.1 Å². The van der Waals surface area contributed by atoms with E-state index in [1.807, 2.05) is 35.9 Å².